The Morgan fingerprint density at radius 3 is 1.91 bits per heavy atom. The van der Waals surface area contributed by atoms with Gasteiger partial charge in [-0.25, -0.2) is 14.0 Å². The third kappa shape index (κ3) is 4.33. The molecule has 3 aromatic carbocycles. The number of urea groups is 1. The number of hydrogen-bond acceptors (Lipinski definition) is 3. The molecule has 0 saturated carbocycles. The van der Waals surface area contributed by atoms with Crippen LogP contribution < -0.4 is 4.90 Å². The fraction of sp³-hybridized carbons (Fsp3) is 0.259. The molecular weight excluding hydrogens is 433 g/mol. The van der Waals surface area contributed by atoms with E-state index in [1.165, 1.54) is 6.07 Å². The molecule has 6 nitrogen and oxygen atoms in total. The first-order valence-corrected chi connectivity index (χ1v) is 11.5. The van der Waals surface area contributed by atoms with Crippen molar-refractivity contribution in [2.24, 2.45) is 0 Å². The minimum Gasteiger partial charge on any atom is -0.444 e. The predicted molar refractivity (Wildman–Crippen MR) is 127 cm³/mol. The van der Waals surface area contributed by atoms with Gasteiger partial charge in [0.15, 0.2) is 0 Å². The van der Waals surface area contributed by atoms with Crippen LogP contribution in [-0.4, -0.2) is 47.1 Å². The van der Waals surface area contributed by atoms with Crippen LogP contribution in [0.2, 0.25) is 0 Å². The van der Waals surface area contributed by atoms with Crippen LogP contribution in [0.1, 0.15) is 18.4 Å². The van der Waals surface area contributed by atoms with Gasteiger partial charge < -0.3 is 9.64 Å². The lowest BCUT2D eigenvalue weighted by atomic mass is 10.2. The first-order chi connectivity index (χ1) is 16.6. The van der Waals surface area contributed by atoms with E-state index in [4.69, 9.17) is 4.74 Å². The summed E-state index contributed by atoms with van der Waals surface area (Å²) in [7, 11) is 0. The Hall–Kier alpha value is -3.87. The molecule has 2 heterocycles. The molecule has 2 aliphatic heterocycles. The molecule has 34 heavy (non-hydrogen) atoms. The maximum atomic E-state index is 13.9. The van der Waals surface area contributed by atoms with E-state index in [0.29, 0.717) is 18.7 Å². The highest BCUT2D eigenvalue weighted by molar-refractivity contribution is 5.99. The minimum atomic E-state index is -0.453. The first kappa shape index (κ1) is 21.9. The van der Waals surface area contributed by atoms with Crippen molar-refractivity contribution in [2.45, 2.75) is 31.5 Å². The highest BCUT2D eigenvalue weighted by atomic mass is 19.1. The number of rotatable bonds is 4. The van der Waals surface area contributed by atoms with E-state index in [9.17, 15) is 14.0 Å². The second-order valence-corrected chi connectivity index (χ2v) is 8.63. The van der Waals surface area contributed by atoms with Gasteiger partial charge in [0.2, 0.25) is 0 Å². The fourth-order valence-corrected chi connectivity index (χ4v) is 4.85. The largest absolute Gasteiger partial charge is 0.444 e. The average molecular weight is 460 g/mol. The Balaban J connectivity index is 1.30. The number of carbonyl (C=O) groups excluding carboxylic acids is 2. The van der Waals surface area contributed by atoms with Crippen LogP contribution in [0.5, 0.6) is 0 Å². The van der Waals surface area contributed by atoms with E-state index in [0.717, 1.165) is 24.2 Å². The van der Waals surface area contributed by atoms with Crippen molar-refractivity contribution in [1.29, 1.82) is 0 Å². The number of halogens is 1. The molecule has 0 radical (unpaired) electrons. The number of likely N-dealkylation sites (tertiary alicyclic amines) is 1. The summed E-state index contributed by atoms with van der Waals surface area (Å²) in [4.78, 5) is 31.9. The van der Waals surface area contributed by atoms with E-state index < -0.39 is 11.9 Å². The van der Waals surface area contributed by atoms with Crippen LogP contribution in [0.4, 0.5) is 25.4 Å². The Labute approximate surface area is 198 Å². The van der Waals surface area contributed by atoms with Gasteiger partial charge in [-0.15, -0.1) is 0 Å². The summed E-state index contributed by atoms with van der Waals surface area (Å²) in [5.41, 5.74) is 1.92. The normalized spacial score (nSPS) is 19.1. The lowest BCUT2D eigenvalue weighted by Crippen LogP contribution is -2.59. The Morgan fingerprint density at radius 2 is 1.35 bits per heavy atom. The summed E-state index contributed by atoms with van der Waals surface area (Å²) < 4.78 is 19.3. The molecule has 5 rings (SSSR count). The van der Waals surface area contributed by atoms with Crippen molar-refractivity contribution in [3.63, 3.8) is 0 Å². The van der Waals surface area contributed by atoms with Crippen LogP contribution in [0.3, 0.4) is 0 Å². The van der Waals surface area contributed by atoms with Gasteiger partial charge in [-0.1, -0.05) is 54.6 Å². The smallest absolute Gasteiger partial charge is 0.410 e. The average Bonchev–Trinajstić information content (AvgIpc) is 3.14. The van der Waals surface area contributed by atoms with Gasteiger partial charge in [0.05, 0.1) is 23.5 Å². The quantitative estimate of drug-likeness (QED) is 0.513. The van der Waals surface area contributed by atoms with E-state index in [1.807, 2.05) is 65.6 Å². The van der Waals surface area contributed by atoms with Gasteiger partial charge in [0.1, 0.15) is 12.4 Å². The highest BCUT2D eigenvalue weighted by Crippen LogP contribution is 2.34. The van der Waals surface area contributed by atoms with Gasteiger partial charge in [-0.3, -0.25) is 9.80 Å². The van der Waals surface area contributed by atoms with Crippen molar-refractivity contribution in [1.82, 2.24) is 9.80 Å². The van der Waals surface area contributed by atoms with Crippen LogP contribution in [0.25, 0.3) is 0 Å². The fourth-order valence-electron chi connectivity index (χ4n) is 4.85. The molecule has 0 unspecified atom stereocenters. The third-order valence-electron chi connectivity index (χ3n) is 6.49. The summed E-state index contributed by atoms with van der Waals surface area (Å²) in [6.07, 6.45) is 1.16. The standard InChI is InChI=1S/C27H26FN3O3/c28-25-14-8-7-9-20(25)19-34-27(33)31-23-15-16-24(31)18-29(17-23)26(32)30(21-10-3-1-4-11-21)22-12-5-2-6-13-22/h1-14,23-24H,15-19H2/t23-,24+. The monoisotopic (exact) mass is 459 g/mol. The molecule has 7 heteroatoms. The van der Waals surface area contributed by atoms with E-state index >= 15 is 0 Å². The number of carbonyl (C=O) groups is 2. The number of piperazine rings is 1. The molecule has 0 N–H and O–H groups in total. The van der Waals surface area contributed by atoms with Crippen LogP contribution in [-0.2, 0) is 11.3 Å². The Morgan fingerprint density at radius 1 is 0.824 bits per heavy atom. The van der Waals surface area contributed by atoms with Crippen LogP contribution >= 0.6 is 0 Å². The number of ether oxygens (including phenoxy) is 1. The number of nitrogens with zero attached hydrogens (tertiary/aromatic N) is 3. The Bertz CT molecular complexity index is 1100. The third-order valence-corrected chi connectivity index (χ3v) is 6.49. The Kier molecular flexibility index (Phi) is 6.16. The zero-order valence-corrected chi connectivity index (χ0v) is 18.7. The summed E-state index contributed by atoms with van der Waals surface area (Å²) in [5.74, 6) is -0.393. The molecule has 3 aromatic rings. The molecule has 2 aliphatic rings. The maximum Gasteiger partial charge on any atom is 0.410 e. The van der Waals surface area contributed by atoms with Crippen LogP contribution in [0.15, 0.2) is 84.9 Å². The van der Waals surface area contributed by atoms with E-state index in [2.05, 4.69) is 0 Å². The SMILES string of the molecule is O=C(N1C[C@H]2CC[C@@H](C1)N2C(=O)OCc1ccccc1F)N(c1ccccc1)c1ccccc1. The van der Waals surface area contributed by atoms with E-state index in [-0.39, 0.29) is 24.7 Å². The van der Waals surface area contributed by atoms with Crippen molar-refractivity contribution in [3.8, 4) is 0 Å². The van der Waals surface area contributed by atoms with Gasteiger partial charge >= 0.3 is 12.1 Å². The minimum absolute atomic E-state index is 0.111. The van der Waals surface area contributed by atoms with Crippen molar-refractivity contribution in [3.05, 3.63) is 96.3 Å². The number of fused-ring (bicyclic) bond motifs is 2. The van der Waals surface area contributed by atoms with Gasteiger partial charge in [0, 0.05) is 18.7 Å². The molecule has 3 amide bonds. The number of benzene rings is 3. The molecule has 174 valence electrons. The first-order valence-electron chi connectivity index (χ1n) is 11.5. The highest BCUT2D eigenvalue weighted by Gasteiger charge is 2.45. The second-order valence-electron chi connectivity index (χ2n) is 8.63. The number of hydrogen-bond donors (Lipinski definition) is 0. The number of para-hydroxylation sites is 2. The van der Waals surface area contributed by atoms with E-state index in [1.54, 1.807) is 28.0 Å². The van der Waals surface area contributed by atoms with Crippen molar-refractivity contribution >= 4 is 23.5 Å². The molecule has 2 bridgehead atoms. The number of amides is 3. The topological polar surface area (TPSA) is 53.1 Å². The van der Waals surface area contributed by atoms with Gasteiger partial charge in [0.25, 0.3) is 0 Å². The van der Waals surface area contributed by atoms with Crippen molar-refractivity contribution < 1.29 is 18.7 Å². The van der Waals surface area contributed by atoms with Gasteiger partial charge in [-0.2, -0.15) is 0 Å². The summed E-state index contributed by atoms with van der Waals surface area (Å²) >= 11 is 0. The maximum absolute atomic E-state index is 13.9. The predicted octanol–water partition coefficient (Wildman–Crippen LogP) is 5.57. The van der Waals surface area contributed by atoms with Crippen molar-refractivity contribution in [2.75, 3.05) is 18.0 Å². The second kappa shape index (κ2) is 9.55. The molecular formula is C27H26FN3O3. The number of anilines is 2. The van der Waals surface area contributed by atoms with Crippen LogP contribution in [0, 0.1) is 5.82 Å². The van der Waals surface area contributed by atoms with Gasteiger partial charge in [-0.05, 0) is 43.2 Å². The lowest BCUT2D eigenvalue weighted by molar-refractivity contribution is 0.0475. The zero-order valence-electron chi connectivity index (χ0n) is 18.7. The summed E-state index contributed by atoms with van der Waals surface area (Å²) in [5, 5.41) is 0. The zero-order chi connectivity index (χ0) is 23.5. The molecule has 2 atom stereocenters. The molecule has 0 aromatic heterocycles. The molecule has 2 saturated heterocycles. The summed E-state index contributed by atoms with van der Waals surface area (Å²) in [6.45, 7) is 0.750. The molecule has 2 fully saturated rings. The summed E-state index contributed by atoms with van der Waals surface area (Å²) in [6, 6.07) is 25.0. The molecule has 0 spiro atoms. The molecule has 0 aliphatic carbocycles. The lowest BCUT2D eigenvalue weighted by Gasteiger charge is -2.42.